The van der Waals surface area contributed by atoms with E-state index in [4.69, 9.17) is 0 Å². The van der Waals surface area contributed by atoms with Crippen LogP contribution in [0.1, 0.15) is 30.5 Å². The quantitative estimate of drug-likeness (QED) is 0.369. The van der Waals surface area contributed by atoms with Crippen LogP contribution in [0.2, 0.25) is 0 Å². The summed E-state index contributed by atoms with van der Waals surface area (Å²) in [6.45, 7) is 1.82. The second-order valence-corrected chi connectivity index (χ2v) is 9.69. The molecule has 6 heteroatoms. The summed E-state index contributed by atoms with van der Waals surface area (Å²) in [6.07, 6.45) is 0.823. The third-order valence-electron chi connectivity index (χ3n) is 5.57. The van der Waals surface area contributed by atoms with Gasteiger partial charge in [0.25, 0.3) is 0 Å². The smallest absolute Gasteiger partial charge is 0.241 e. The van der Waals surface area contributed by atoms with Crippen LogP contribution >= 0.6 is 0 Å². The molecule has 168 valence electrons. The molecule has 0 aliphatic heterocycles. The highest BCUT2D eigenvalue weighted by atomic mass is 32.2. The maximum Gasteiger partial charge on any atom is 0.241 e. The number of rotatable bonds is 8. The number of aryl methyl sites for hydroxylation is 1. The topological polar surface area (TPSA) is 75.3 Å². The first-order chi connectivity index (χ1) is 15.9. The van der Waals surface area contributed by atoms with Crippen molar-refractivity contribution < 1.29 is 13.2 Å². The molecule has 1 atom stereocenters. The van der Waals surface area contributed by atoms with E-state index in [1.165, 1.54) is 0 Å². The second-order valence-electron chi connectivity index (χ2n) is 7.97. The molecule has 0 aromatic heterocycles. The molecule has 4 aromatic carbocycles. The Bertz CT molecular complexity index is 1350. The average molecular weight is 459 g/mol. The molecule has 0 aliphatic rings. The lowest BCUT2D eigenvalue weighted by Gasteiger charge is -2.15. The molecule has 0 saturated heterocycles. The van der Waals surface area contributed by atoms with Crippen LogP contribution in [0.5, 0.6) is 0 Å². The molecule has 0 fully saturated rings. The molecule has 33 heavy (non-hydrogen) atoms. The summed E-state index contributed by atoms with van der Waals surface area (Å²) in [7, 11) is -3.65. The first-order valence-corrected chi connectivity index (χ1v) is 12.3. The molecule has 1 amide bonds. The van der Waals surface area contributed by atoms with Crippen LogP contribution in [0, 0.1) is 0 Å². The highest BCUT2D eigenvalue weighted by Gasteiger charge is 2.18. The Balaban J connectivity index is 1.36. The van der Waals surface area contributed by atoms with Gasteiger partial charge in [-0.05, 0) is 48.1 Å². The molecule has 0 aliphatic carbocycles. The number of hydrogen-bond donors (Lipinski definition) is 2. The van der Waals surface area contributed by atoms with Crippen molar-refractivity contribution >= 4 is 32.4 Å². The number of amides is 1. The molecular weight excluding hydrogens is 432 g/mol. The van der Waals surface area contributed by atoms with E-state index in [0.29, 0.717) is 12.8 Å². The number of fused-ring (bicyclic) bond motifs is 1. The van der Waals surface area contributed by atoms with Crippen LogP contribution in [0.3, 0.4) is 0 Å². The number of carbonyl (C=O) groups excluding carboxylic acids is 1. The highest BCUT2D eigenvalue weighted by Crippen LogP contribution is 2.23. The van der Waals surface area contributed by atoms with E-state index >= 15 is 0 Å². The van der Waals surface area contributed by atoms with Gasteiger partial charge in [-0.2, -0.15) is 0 Å². The summed E-state index contributed by atoms with van der Waals surface area (Å²) in [5.74, 6) is -0.0820. The van der Waals surface area contributed by atoms with Crippen LogP contribution in [0.15, 0.2) is 102 Å². The Kier molecular flexibility index (Phi) is 6.87. The largest absolute Gasteiger partial charge is 0.326 e. The van der Waals surface area contributed by atoms with Gasteiger partial charge in [-0.3, -0.25) is 4.79 Å². The van der Waals surface area contributed by atoms with Gasteiger partial charge in [0.05, 0.1) is 4.90 Å². The fourth-order valence-corrected chi connectivity index (χ4v) is 4.98. The van der Waals surface area contributed by atoms with Gasteiger partial charge in [0, 0.05) is 23.5 Å². The number of hydrogen-bond acceptors (Lipinski definition) is 3. The maximum absolute atomic E-state index is 12.7. The number of anilines is 1. The van der Waals surface area contributed by atoms with Crippen molar-refractivity contribution in [2.75, 3.05) is 5.32 Å². The molecule has 4 aromatic rings. The Hall–Kier alpha value is -3.48. The van der Waals surface area contributed by atoms with Gasteiger partial charge >= 0.3 is 0 Å². The first kappa shape index (κ1) is 22.7. The summed E-state index contributed by atoms with van der Waals surface area (Å²) in [4.78, 5) is 12.7. The molecular formula is C27H26N2O3S. The minimum atomic E-state index is -3.65. The normalized spacial score (nSPS) is 12.4. The van der Waals surface area contributed by atoms with E-state index in [-0.39, 0.29) is 16.8 Å². The van der Waals surface area contributed by atoms with Crippen molar-refractivity contribution in [1.82, 2.24) is 4.72 Å². The lowest BCUT2D eigenvalue weighted by molar-refractivity contribution is -0.116. The molecule has 0 unspecified atom stereocenters. The zero-order valence-electron chi connectivity index (χ0n) is 18.4. The third-order valence-corrected chi connectivity index (χ3v) is 7.13. The maximum atomic E-state index is 12.7. The zero-order chi connectivity index (χ0) is 23.3. The fraction of sp³-hybridized carbons (Fsp3) is 0.148. The molecule has 0 saturated carbocycles. The van der Waals surface area contributed by atoms with Gasteiger partial charge in [0.2, 0.25) is 15.9 Å². The third kappa shape index (κ3) is 5.66. The predicted octanol–water partition coefficient (Wildman–Crippen LogP) is 5.45. The molecule has 4 rings (SSSR count). The standard InChI is InChI=1S/C27H26N2O3S/c1-20(22-8-3-2-4-9-22)29-33(31,32)24-17-14-21(15-18-24)16-19-27(30)28-26-13-7-11-23-10-5-6-12-25(23)26/h2-15,17-18,20,29H,16,19H2,1H3,(H,28,30)/t20-/m0/s1. The van der Waals surface area contributed by atoms with Gasteiger partial charge in [-0.15, -0.1) is 0 Å². The molecule has 0 heterocycles. The molecule has 0 bridgehead atoms. The van der Waals surface area contributed by atoms with Crippen LogP contribution in [-0.2, 0) is 21.2 Å². The van der Waals surface area contributed by atoms with Gasteiger partial charge < -0.3 is 5.32 Å². The van der Waals surface area contributed by atoms with Crippen LogP contribution in [0.4, 0.5) is 5.69 Å². The fourth-order valence-electron chi connectivity index (χ4n) is 3.75. The zero-order valence-corrected chi connectivity index (χ0v) is 19.2. The summed E-state index contributed by atoms with van der Waals surface area (Å²) in [5.41, 5.74) is 2.59. The number of sulfonamides is 1. The van der Waals surface area contributed by atoms with Crippen LogP contribution in [0.25, 0.3) is 10.8 Å². The lowest BCUT2D eigenvalue weighted by atomic mass is 10.1. The first-order valence-electron chi connectivity index (χ1n) is 10.9. The SMILES string of the molecule is C[C@H](NS(=O)(=O)c1ccc(CCC(=O)Nc2cccc3ccccc23)cc1)c1ccccc1. The predicted molar refractivity (Wildman–Crippen MR) is 133 cm³/mol. The Morgan fingerprint density at radius 2 is 1.48 bits per heavy atom. The van der Waals surface area contributed by atoms with Gasteiger partial charge in [-0.1, -0.05) is 78.9 Å². The second kappa shape index (κ2) is 9.98. The summed E-state index contributed by atoms with van der Waals surface area (Å²) in [5, 5.41) is 5.05. The summed E-state index contributed by atoms with van der Waals surface area (Å²) >= 11 is 0. The summed E-state index contributed by atoms with van der Waals surface area (Å²) < 4.78 is 28.2. The van der Waals surface area contributed by atoms with Gasteiger partial charge in [0.15, 0.2) is 0 Å². The Morgan fingerprint density at radius 1 is 0.818 bits per heavy atom. The van der Waals surface area contributed by atoms with Crippen molar-refractivity contribution in [1.29, 1.82) is 0 Å². The summed E-state index contributed by atoms with van der Waals surface area (Å²) in [6, 6.07) is 29.5. The molecule has 0 radical (unpaired) electrons. The van der Waals surface area contributed by atoms with E-state index in [1.807, 2.05) is 79.7 Å². The van der Waals surface area contributed by atoms with E-state index in [0.717, 1.165) is 27.6 Å². The average Bonchev–Trinajstić information content (AvgIpc) is 2.83. The van der Waals surface area contributed by atoms with E-state index in [9.17, 15) is 13.2 Å². The van der Waals surface area contributed by atoms with Crippen molar-refractivity contribution in [2.24, 2.45) is 0 Å². The van der Waals surface area contributed by atoms with Crippen molar-refractivity contribution in [2.45, 2.75) is 30.7 Å². The van der Waals surface area contributed by atoms with Gasteiger partial charge in [-0.25, -0.2) is 13.1 Å². The molecule has 5 nitrogen and oxygen atoms in total. The monoisotopic (exact) mass is 458 g/mol. The van der Waals surface area contributed by atoms with Crippen LogP contribution in [-0.4, -0.2) is 14.3 Å². The molecule has 0 spiro atoms. The Labute approximate surface area is 194 Å². The van der Waals surface area contributed by atoms with E-state index < -0.39 is 10.0 Å². The minimum absolute atomic E-state index is 0.0820. The van der Waals surface area contributed by atoms with Crippen LogP contribution < -0.4 is 10.0 Å². The number of carbonyl (C=O) groups is 1. The lowest BCUT2D eigenvalue weighted by Crippen LogP contribution is -2.26. The molecule has 2 N–H and O–H groups in total. The van der Waals surface area contributed by atoms with E-state index in [1.54, 1.807) is 24.3 Å². The van der Waals surface area contributed by atoms with Crippen molar-refractivity contribution in [3.05, 3.63) is 108 Å². The van der Waals surface area contributed by atoms with Crippen molar-refractivity contribution in [3.63, 3.8) is 0 Å². The van der Waals surface area contributed by atoms with Crippen molar-refractivity contribution in [3.8, 4) is 0 Å². The number of benzene rings is 4. The minimum Gasteiger partial charge on any atom is -0.326 e. The van der Waals surface area contributed by atoms with Gasteiger partial charge in [0.1, 0.15) is 0 Å². The highest BCUT2D eigenvalue weighted by molar-refractivity contribution is 7.89. The Morgan fingerprint density at radius 3 is 2.24 bits per heavy atom. The number of nitrogens with one attached hydrogen (secondary N) is 2. The van der Waals surface area contributed by atoms with E-state index in [2.05, 4.69) is 10.0 Å².